The smallest absolute Gasteiger partial charge is 0.407 e. The van der Waals surface area contributed by atoms with Crippen LogP contribution in [0.15, 0.2) is 48.5 Å². The normalized spacial score (nSPS) is 21.8. The number of amides is 2. The highest BCUT2D eigenvalue weighted by molar-refractivity contribution is 7.98. The van der Waals surface area contributed by atoms with E-state index in [0.717, 1.165) is 22.3 Å². The highest BCUT2D eigenvalue weighted by Gasteiger charge is 2.48. The zero-order chi connectivity index (χ0) is 25.2. The van der Waals surface area contributed by atoms with Crippen molar-refractivity contribution >= 4 is 29.7 Å². The van der Waals surface area contributed by atoms with Crippen LogP contribution in [0, 0.1) is 11.3 Å². The van der Waals surface area contributed by atoms with Crippen LogP contribution in [-0.4, -0.2) is 65.7 Å². The van der Waals surface area contributed by atoms with Crippen molar-refractivity contribution in [1.29, 1.82) is 0 Å². The van der Waals surface area contributed by atoms with E-state index in [9.17, 15) is 19.5 Å². The van der Waals surface area contributed by atoms with Gasteiger partial charge in [-0.2, -0.15) is 11.8 Å². The van der Waals surface area contributed by atoms with Crippen LogP contribution >= 0.6 is 11.8 Å². The van der Waals surface area contributed by atoms with Gasteiger partial charge in [0.25, 0.3) is 0 Å². The van der Waals surface area contributed by atoms with Crippen LogP contribution in [0.1, 0.15) is 37.3 Å². The number of fused-ring (bicyclic) bond motifs is 3. The van der Waals surface area contributed by atoms with Crippen molar-refractivity contribution < 1.29 is 24.2 Å². The average molecular weight is 497 g/mol. The lowest BCUT2D eigenvalue weighted by Crippen LogP contribution is -2.49. The second kappa shape index (κ2) is 10.3. The van der Waals surface area contributed by atoms with Gasteiger partial charge in [-0.3, -0.25) is 9.59 Å². The molecule has 1 aliphatic heterocycles. The first-order valence-corrected chi connectivity index (χ1v) is 13.3. The molecule has 2 aromatic carbocycles. The van der Waals surface area contributed by atoms with E-state index in [1.807, 2.05) is 37.4 Å². The van der Waals surface area contributed by atoms with Crippen molar-refractivity contribution in [3.8, 4) is 11.1 Å². The van der Waals surface area contributed by atoms with Gasteiger partial charge in [0.1, 0.15) is 12.6 Å². The number of rotatable bonds is 8. The van der Waals surface area contributed by atoms with Crippen LogP contribution in [0.25, 0.3) is 11.1 Å². The number of nitrogens with zero attached hydrogens (tertiary/aromatic N) is 1. The predicted octanol–water partition coefficient (Wildman–Crippen LogP) is 4.22. The molecule has 8 heteroatoms. The van der Waals surface area contributed by atoms with E-state index in [1.165, 1.54) is 0 Å². The molecule has 1 saturated heterocycles. The molecule has 2 aliphatic rings. The van der Waals surface area contributed by atoms with Crippen molar-refractivity contribution in [1.82, 2.24) is 10.2 Å². The van der Waals surface area contributed by atoms with E-state index in [0.29, 0.717) is 18.7 Å². The summed E-state index contributed by atoms with van der Waals surface area (Å²) in [4.78, 5) is 39.4. The molecule has 7 nitrogen and oxygen atoms in total. The first kappa shape index (κ1) is 25.1. The summed E-state index contributed by atoms with van der Waals surface area (Å²) in [5, 5.41) is 12.4. The minimum Gasteiger partial charge on any atom is -0.481 e. The van der Waals surface area contributed by atoms with Crippen LogP contribution in [0.5, 0.6) is 0 Å². The van der Waals surface area contributed by atoms with Crippen LogP contribution in [-0.2, 0) is 14.3 Å². The molecule has 1 aliphatic carbocycles. The highest BCUT2D eigenvalue weighted by Crippen LogP contribution is 2.44. The van der Waals surface area contributed by atoms with Gasteiger partial charge in [0.05, 0.1) is 5.41 Å². The fourth-order valence-corrected chi connectivity index (χ4v) is 5.56. The van der Waals surface area contributed by atoms with Crippen LogP contribution in [0.4, 0.5) is 4.79 Å². The number of likely N-dealkylation sites (tertiary alicyclic amines) is 1. The Bertz CT molecular complexity index is 1080. The predicted molar refractivity (Wildman–Crippen MR) is 136 cm³/mol. The molecule has 1 fully saturated rings. The lowest BCUT2D eigenvalue weighted by molar-refractivity contribution is -0.149. The number of thioether (sulfide) groups is 1. The van der Waals surface area contributed by atoms with Gasteiger partial charge >= 0.3 is 12.1 Å². The van der Waals surface area contributed by atoms with Crippen molar-refractivity contribution in [3.05, 3.63) is 59.7 Å². The quantitative estimate of drug-likeness (QED) is 0.568. The summed E-state index contributed by atoms with van der Waals surface area (Å²) in [7, 11) is 0. The number of aliphatic carboxylic acids is 1. The Morgan fingerprint density at radius 1 is 1.14 bits per heavy atom. The minimum absolute atomic E-state index is 0.0656. The topological polar surface area (TPSA) is 95.9 Å². The molecule has 1 heterocycles. The number of carboxylic acid groups (broad SMARTS) is 1. The third kappa shape index (κ3) is 4.89. The molecule has 2 amide bonds. The Balaban J connectivity index is 1.43. The lowest BCUT2D eigenvalue weighted by Gasteiger charge is -2.26. The van der Waals surface area contributed by atoms with E-state index < -0.39 is 23.5 Å². The average Bonchev–Trinajstić information content (AvgIpc) is 3.34. The van der Waals surface area contributed by atoms with Gasteiger partial charge in [0.2, 0.25) is 5.91 Å². The van der Waals surface area contributed by atoms with Crippen molar-refractivity contribution in [2.24, 2.45) is 11.3 Å². The summed E-state index contributed by atoms with van der Waals surface area (Å²) in [6.45, 7) is 4.16. The van der Waals surface area contributed by atoms with E-state index in [2.05, 4.69) is 29.6 Å². The van der Waals surface area contributed by atoms with Gasteiger partial charge in [0, 0.05) is 19.0 Å². The van der Waals surface area contributed by atoms with E-state index in [1.54, 1.807) is 23.6 Å². The Morgan fingerprint density at radius 3 is 2.29 bits per heavy atom. The second-order valence-corrected chi connectivity index (χ2v) is 10.6. The standard InChI is InChI=1S/C27H32N2O5S/c1-17-14-29(16-27(17,2)25(31)32)24(30)23(12-13-35-3)28-26(33)34-15-22-20-10-6-4-8-18(20)19-9-5-7-11-21(19)22/h4-11,17,22-23H,12-16H2,1-3H3,(H,28,33)(H,31,32)/t17?,23-,27?/m0/s1. The minimum atomic E-state index is -0.997. The molecule has 0 bridgehead atoms. The van der Waals surface area contributed by atoms with Crippen LogP contribution in [0.3, 0.4) is 0 Å². The Hall–Kier alpha value is -3.00. The maximum absolute atomic E-state index is 13.3. The zero-order valence-electron chi connectivity index (χ0n) is 20.3. The summed E-state index contributed by atoms with van der Waals surface area (Å²) in [5.74, 6) is -0.738. The summed E-state index contributed by atoms with van der Waals surface area (Å²) in [6.07, 6.45) is 1.74. The van der Waals surface area contributed by atoms with E-state index >= 15 is 0 Å². The van der Waals surface area contributed by atoms with Gasteiger partial charge < -0.3 is 20.1 Å². The van der Waals surface area contributed by atoms with Crippen molar-refractivity contribution in [2.45, 2.75) is 32.2 Å². The highest BCUT2D eigenvalue weighted by atomic mass is 32.2. The van der Waals surface area contributed by atoms with Crippen molar-refractivity contribution in [2.75, 3.05) is 31.7 Å². The summed E-state index contributed by atoms with van der Waals surface area (Å²) >= 11 is 1.58. The van der Waals surface area contributed by atoms with Crippen LogP contribution < -0.4 is 5.32 Å². The number of carbonyl (C=O) groups is 3. The number of nitrogens with one attached hydrogen (secondary N) is 1. The van der Waals surface area contributed by atoms with Gasteiger partial charge in [-0.05, 0) is 53.5 Å². The number of ether oxygens (including phenoxy) is 1. The maximum atomic E-state index is 13.3. The third-order valence-corrected chi connectivity index (χ3v) is 8.09. The molecule has 0 aromatic heterocycles. The van der Waals surface area contributed by atoms with Crippen LogP contribution in [0.2, 0.25) is 0 Å². The number of alkyl carbamates (subject to hydrolysis) is 1. The number of hydrogen-bond donors (Lipinski definition) is 2. The van der Waals surface area contributed by atoms with E-state index in [-0.39, 0.29) is 30.9 Å². The Kier molecular flexibility index (Phi) is 7.40. The first-order valence-electron chi connectivity index (χ1n) is 11.9. The fraction of sp³-hybridized carbons (Fsp3) is 0.444. The largest absolute Gasteiger partial charge is 0.481 e. The molecule has 0 spiro atoms. The molecule has 0 saturated carbocycles. The molecule has 2 unspecified atom stereocenters. The molecule has 0 radical (unpaired) electrons. The van der Waals surface area contributed by atoms with Gasteiger partial charge in [-0.1, -0.05) is 55.5 Å². The Morgan fingerprint density at radius 2 is 1.74 bits per heavy atom. The fourth-order valence-electron chi connectivity index (χ4n) is 5.09. The van der Waals surface area contributed by atoms with Gasteiger partial charge in [-0.15, -0.1) is 0 Å². The molecular formula is C27H32N2O5S. The van der Waals surface area contributed by atoms with Gasteiger partial charge in [-0.25, -0.2) is 4.79 Å². The monoisotopic (exact) mass is 496 g/mol. The van der Waals surface area contributed by atoms with E-state index in [4.69, 9.17) is 4.74 Å². The first-order chi connectivity index (χ1) is 16.8. The molecule has 2 N–H and O–H groups in total. The SMILES string of the molecule is CSCC[C@H](NC(=O)OCC1c2ccccc2-c2ccccc21)C(=O)N1CC(C)C(C)(C(=O)O)C1. The molecular weight excluding hydrogens is 464 g/mol. The third-order valence-electron chi connectivity index (χ3n) is 7.45. The molecule has 3 atom stereocenters. The van der Waals surface area contributed by atoms with Gasteiger partial charge in [0.15, 0.2) is 0 Å². The van der Waals surface area contributed by atoms with Crippen molar-refractivity contribution in [3.63, 3.8) is 0 Å². The summed E-state index contributed by atoms with van der Waals surface area (Å²) < 4.78 is 5.64. The maximum Gasteiger partial charge on any atom is 0.407 e. The summed E-state index contributed by atoms with van der Waals surface area (Å²) in [5.41, 5.74) is 3.54. The number of carbonyl (C=O) groups excluding carboxylic acids is 2. The molecule has 35 heavy (non-hydrogen) atoms. The zero-order valence-corrected chi connectivity index (χ0v) is 21.1. The second-order valence-electron chi connectivity index (χ2n) is 9.65. The number of benzene rings is 2. The molecule has 186 valence electrons. The molecule has 2 aromatic rings. The number of carboxylic acids is 1. The number of hydrogen-bond acceptors (Lipinski definition) is 5. The molecule has 4 rings (SSSR count). The lowest BCUT2D eigenvalue weighted by atomic mass is 9.81. The Labute approximate surface area is 210 Å². The summed E-state index contributed by atoms with van der Waals surface area (Å²) in [6, 6.07) is 15.5.